The minimum atomic E-state index is -0.237. The zero-order chi connectivity index (χ0) is 15.9. The van der Waals surface area contributed by atoms with Gasteiger partial charge in [-0.2, -0.15) is 0 Å². The molecule has 2 aromatic rings. The molecule has 0 aliphatic carbocycles. The minimum Gasteiger partial charge on any atom is -0.496 e. The van der Waals surface area contributed by atoms with Crippen molar-refractivity contribution < 1.29 is 14.6 Å². The Balaban J connectivity index is 2.09. The van der Waals surface area contributed by atoms with Crippen molar-refractivity contribution in [3.63, 3.8) is 0 Å². The molecule has 0 aliphatic rings. The molecule has 0 fully saturated rings. The van der Waals surface area contributed by atoms with E-state index in [1.807, 2.05) is 25.1 Å². The van der Waals surface area contributed by atoms with E-state index >= 15 is 0 Å². The van der Waals surface area contributed by atoms with Crippen LogP contribution in [0.2, 0.25) is 0 Å². The van der Waals surface area contributed by atoms with Crippen LogP contribution in [0.25, 0.3) is 6.08 Å². The normalized spacial score (nSPS) is 10.7. The number of anilines is 1. The van der Waals surface area contributed by atoms with Gasteiger partial charge in [0.05, 0.1) is 13.7 Å². The summed E-state index contributed by atoms with van der Waals surface area (Å²) in [6.07, 6.45) is 3.18. The first-order valence-corrected chi connectivity index (χ1v) is 6.96. The fourth-order valence-electron chi connectivity index (χ4n) is 2.08. The van der Waals surface area contributed by atoms with Crippen LogP contribution in [0.15, 0.2) is 48.5 Å². The molecule has 0 saturated carbocycles. The van der Waals surface area contributed by atoms with Crippen molar-refractivity contribution in [3.05, 3.63) is 65.2 Å². The highest BCUT2D eigenvalue weighted by atomic mass is 16.5. The van der Waals surface area contributed by atoms with Crippen LogP contribution >= 0.6 is 0 Å². The lowest BCUT2D eigenvalue weighted by Crippen LogP contribution is -2.08. The maximum Gasteiger partial charge on any atom is 0.248 e. The summed E-state index contributed by atoms with van der Waals surface area (Å²) < 4.78 is 5.27. The van der Waals surface area contributed by atoms with Crippen LogP contribution in [-0.2, 0) is 11.4 Å². The van der Waals surface area contributed by atoms with Gasteiger partial charge >= 0.3 is 0 Å². The van der Waals surface area contributed by atoms with Crippen LogP contribution < -0.4 is 10.1 Å². The van der Waals surface area contributed by atoms with Gasteiger partial charge in [0.1, 0.15) is 5.75 Å². The molecule has 0 heterocycles. The van der Waals surface area contributed by atoms with E-state index in [0.717, 1.165) is 22.4 Å². The first-order valence-electron chi connectivity index (χ1n) is 6.96. The lowest BCUT2D eigenvalue weighted by Gasteiger charge is -2.06. The fraction of sp³-hybridized carbons (Fsp3) is 0.167. The van der Waals surface area contributed by atoms with E-state index < -0.39 is 0 Å². The number of carbonyl (C=O) groups excluding carboxylic acids is 1. The molecule has 0 bridgehead atoms. The van der Waals surface area contributed by atoms with Crippen molar-refractivity contribution >= 4 is 17.7 Å². The highest BCUT2D eigenvalue weighted by molar-refractivity contribution is 6.02. The number of nitrogens with one attached hydrogen (secondary N) is 1. The van der Waals surface area contributed by atoms with Gasteiger partial charge < -0.3 is 15.2 Å². The number of hydrogen-bond acceptors (Lipinski definition) is 3. The third kappa shape index (κ3) is 4.20. The second kappa shape index (κ2) is 7.43. The number of aliphatic hydroxyl groups excluding tert-OH is 1. The topological polar surface area (TPSA) is 58.6 Å². The third-order valence-corrected chi connectivity index (χ3v) is 3.18. The predicted octanol–water partition coefficient (Wildman–Crippen LogP) is 3.15. The van der Waals surface area contributed by atoms with E-state index in [2.05, 4.69) is 5.32 Å². The molecule has 22 heavy (non-hydrogen) atoms. The molecule has 2 aromatic carbocycles. The summed E-state index contributed by atoms with van der Waals surface area (Å²) in [6, 6.07) is 12.9. The number of aliphatic hydroxyl groups is 1. The first kappa shape index (κ1) is 15.8. The smallest absolute Gasteiger partial charge is 0.248 e. The Hall–Kier alpha value is -2.59. The third-order valence-electron chi connectivity index (χ3n) is 3.18. The number of ether oxygens (including phenoxy) is 1. The summed E-state index contributed by atoms with van der Waals surface area (Å²) in [4.78, 5) is 12.0. The Morgan fingerprint density at radius 1 is 1.27 bits per heavy atom. The van der Waals surface area contributed by atoms with Crippen molar-refractivity contribution in [2.24, 2.45) is 0 Å². The van der Waals surface area contributed by atoms with Crippen molar-refractivity contribution in [3.8, 4) is 5.75 Å². The Labute approximate surface area is 130 Å². The molecule has 0 aromatic heterocycles. The molecule has 114 valence electrons. The van der Waals surface area contributed by atoms with Gasteiger partial charge in [-0.25, -0.2) is 0 Å². The van der Waals surface area contributed by atoms with Crippen LogP contribution in [0.5, 0.6) is 5.75 Å². The molecule has 4 heteroatoms. The van der Waals surface area contributed by atoms with Crippen molar-refractivity contribution in [2.75, 3.05) is 12.4 Å². The van der Waals surface area contributed by atoms with Gasteiger partial charge in [0.15, 0.2) is 0 Å². The standard InChI is InChI=1S/C18H19NO3/c1-13-6-8-17(22-2)15(10-13)7-9-18(21)19-16-5-3-4-14(11-16)12-20/h3-11,20H,12H2,1-2H3,(H,19,21)/b9-7+. The maximum absolute atomic E-state index is 12.0. The van der Waals surface area contributed by atoms with Crippen LogP contribution in [-0.4, -0.2) is 18.1 Å². The van der Waals surface area contributed by atoms with Gasteiger partial charge in [-0.1, -0.05) is 23.8 Å². The van der Waals surface area contributed by atoms with E-state index in [1.54, 1.807) is 37.5 Å². The number of carbonyl (C=O) groups is 1. The number of hydrogen-bond donors (Lipinski definition) is 2. The molecule has 0 radical (unpaired) electrons. The van der Waals surface area contributed by atoms with E-state index in [4.69, 9.17) is 9.84 Å². The van der Waals surface area contributed by atoms with Gasteiger partial charge in [-0.05, 0) is 42.8 Å². The largest absolute Gasteiger partial charge is 0.496 e. The summed E-state index contributed by atoms with van der Waals surface area (Å²) in [5.74, 6) is 0.482. The quantitative estimate of drug-likeness (QED) is 0.834. The van der Waals surface area contributed by atoms with Crippen molar-refractivity contribution in [2.45, 2.75) is 13.5 Å². The number of methoxy groups -OCH3 is 1. The minimum absolute atomic E-state index is 0.0555. The molecular formula is C18H19NO3. The summed E-state index contributed by atoms with van der Waals surface area (Å²) >= 11 is 0. The molecule has 0 atom stereocenters. The molecule has 0 saturated heterocycles. The zero-order valence-corrected chi connectivity index (χ0v) is 12.7. The summed E-state index contributed by atoms with van der Waals surface area (Å²) in [5.41, 5.74) is 3.35. The second-order valence-electron chi connectivity index (χ2n) is 4.93. The average molecular weight is 297 g/mol. The van der Waals surface area contributed by atoms with E-state index in [1.165, 1.54) is 6.08 Å². The fourth-order valence-corrected chi connectivity index (χ4v) is 2.08. The van der Waals surface area contributed by atoms with Crippen LogP contribution in [0.1, 0.15) is 16.7 Å². The van der Waals surface area contributed by atoms with Crippen LogP contribution in [0, 0.1) is 6.92 Å². The maximum atomic E-state index is 12.0. The Bertz CT molecular complexity index is 692. The van der Waals surface area contributed by atoms with Gasteiger partial charge in [-0.15, -0.1) is 0 Å². The Morgan fingerprint density at radius 2 is 2.09 bits per heavy atom. The molecule has 0 unspecified atom stereocenters. The number of rotatable bonds is 5. The summed E-state index contributed by atoms with van der Waals surface area (Å²) in [7, 11) is 1.60. The SMILES string of the molecule is COc1ccc(C)cc1/C=C/C(=O)Nc1cccc(CO)c1. The summed E-state index contributed by atoms with van der Waals surface area (Å²) in [5, 5.41) is 11.9. The molecule has 4 nitrogen and oxygen atoms in total. The molecule has 1 amide bonds. The highest BCUT2D eigenvalue weighted by Gasteiger charge is 2.02. The van der Waals surface area contributed by atoms with Crippen LogP contribution in [0.3, 0.4) is 0 Å². The number of benzene rings is 2. The molecule has 0 aliphatic heterocycles. The summed E-state index contributed by atoms with van der Waals surface area (Å²) in [6.45, 7) is 1.93. The van der Waals surface area contributed by atoms with Crippen molar-refractivity contribution in [1.82, 2.24) is 0 Å². The van der Waals surface area contributed by atoms with E-state index in [-0.39, 0.29) is 12.5 Å². The van der Waals surface area contributed by atoms with E-state index in [0.29, 0.717) is 5.69 Å². The van der Waals surface area contributed by atoms with Crippen molar-refractivity contribution in [1.29, 1.82) is 0 Å². The van der Waals surface area contributed by atoms with Crippen LogP contribution in [0.4, 0.5) is 5.69 Å². The number of aryl methyl sites for hydroxylation is 1. The average Bonchev–Trinajstić information content (AvgIpc) is 2.53. The molecular weight excluding hydrogens is 278 g/mol. The number of amides is 1. The Kier molecular flexibility index (Phi) is 5.33. The predicted molar refractivity (Wildman–Crippen MR) is 87.8 cm³/mol. The lowest BCUT2D eigenvalue weighted by molar-refractivity contribution is -0.111. The highest BCUT2D eigenvalue weighted by Crippen LogP contribution is 2.21. The molecule has 0 spiro atoms. The molecule has 2 rings (SSSR count). The van der Waals surface area contributed by atoms with E-state index in [9.17, 15) is 4.79 Å². The first-order chi connectivity index (χ1) is 10.6. The zero-order valence-electron chi connectivity index (χ0n) is 12.7. The van der Waals surface area contributed by atoms with Gasteiger partial charge in [0.25, 0.3) is 0 Å². The lowest BCUT2D eigenvalue weighted by atomic mass is 10.1. The second-order valence-corrected chi connectivity index (χ2v) is 4.93. The van der Waals surface area contributed by atoms with Gasteiger partial charge in [-0.3, -0.25) is 4.79 Å². The van der Waals surface area contributed by atoms with Gasteiger partial charge in [0, 0.05) is 17.3 Å². The molecule has 2 N–H and O–H groups in total. The monoisotopic (exact) mass is 297 g/mol. The Morgan fingerprint density at radius 3 is 2.82 bits per heavy atom. The van der Waals surface area contributed by atoms with Gasteiger partial charge in [0.2, 0.25) is 5.91 Å².